The molecule has 2 N–H and O–H groups in total. The molecule has 1 aliphatic rings. The molecule has 1 fully saturated rings. The average Bonchev–Trinajstić information content (AvgIpc) is 3.06. The van der Waals surface area contributed by atoms with Crippen LogP contribution in [-0.4, -0.2) is 53.1 Å². The van der Waals surface area contributed by atoms with Crippen LogP contribution in [0.2, 0.25) is 0 Å². The highest BCUT2D eigenvalue weighted by Gasteiger charge is 2.23. The summed E-state index contributed by atoms with van der Waals surface area (Å²) < 4.78 is 2.15. The second-order valence-electron chi connectivity index (χ2n) is 7.94. The Morgan fingerprint density at radius 3 is 2.70 bits per heavy atom. The molecule has 2 atom stereocenters. The lowest BCUT2D eigenvalue weighted by Crippen LogP contribution is -2.34. The normalized spacial score (nSPS) is 17.3. The molecule has 0 bridgehead atoms. The number of imidazole rings is 1. The Hall–Kier alpha value is -1.34. The molecule has 1 aromatic carbocycles. The van der Waals surface area contributed by atoms with E-state index in [-0.39, 0.29) is 30.7 Å². The number of hydrogen-bond acceptors (Lipinski definition) is 4. The molecule has 0 aliphatic carbocycles. The lowest BCUT2D eigenvalue weighted by atomic mass is 9.85. The maximum Gasteiger partial charge on any atom is 0.226 e. The van der Waals surface area contributed by atoms with E-state index in [9.17, 15) is 4.79 Å². The van der Waals surface area contributed by atoms with Crippen molar-refractivity contribution in [2.45, 2.75) is 46.6 Å². The molecule has 0 saturated carbocycles. The molecule has 1 aliphatic heterocycles. The minimum Gasteiger partial charge on any atom is -0.316 e. The fraction of sp³-hybridized carbons (Fsp3) is 0.636. The van der Waals surface area contributed by atoms with Crippen molar-refractivity contribution in [1.82, 2.24) is 19.8 Å². The number of hydrogen-bond donors (Lipinski definition) is 2. The van der Waals surface area contributed by atoms with Gasteiger partial charge in [0, 0.05) is 19.5 Å². The third kappa shape index (κ3) is 6.84. The number of amides is 1. The number of carbonyl (C=O) groups is 1. The van der Waals surface area contributed by atoms with Crippen molar-refractivity contribution in [2.24, 2.45) is 11.8 Å². The Labute approximate surface area is 193 Å². The van der Waals surface area contributed by atoms with Crippen molar-refractivity contribution >= 4 is 47.7 Å². The van der Waals surface area contributed by atoms with Crippen molar-refractivity contribution in [3.05, 3.63) is 24.3 Å². The van der Waals surface area contributed by atoms with Gasteiger partial charge in [-0.3, -0.25) is 10.1 Å². The smallest absolute Gasteiger partial charge is 0.226 e. The summed E-state index contributed by atoms with van der Waals surface area (Å²) in [7, 11) is 0. The van der Waals surface area contributed by atoms with E-state index in [1.54, 1.807) is 0 Å². The van der Waals surface area contributed by atoms with Crippen molar-refractivity contribution in [3.8, 4) is 0 Å². The molecule has 30 heavy (non-hydrogen) atoms. The van der Waals surface area contributed by atoms with Crippen molar-refractivity contribution in [3.63, 3.8) is 0 Å². The number of para-hydroxylation sites is 2. The van der Waals surface area contributed by atoms with E-state index in [0.717, 1.165) is 50.3 Å². The summed E-state index contributed by atoms with van der Waals surface area (Å²) in [6.45, 7) is 12.5. The number of halogens is 2. The molecule has 3 rings (SSSR count). The first-order valence-corrected chi connectivity index (χ1v) is 10.8. The van der Waals surface area contributed by atoms with Gasteiger partial charge in [-0.15, -0.1) is 24.8 Å². The fourth-order valence-corrected chi connectivity index (χ4v) is 4.18. The number of anilines is 1. The molecular weight excluding hydrogens is 421 g/mol. The highest BCUT2D eigenvalue weighted by molar-refractivity contribution is 5.91. The van der Waals surface area contributed by atoms with Crippen LogP contribution in [-0.2, 0) is 11.3 Å². The lowest BCUT2D eigenvalue weighted by Gasteiger charge is -2.28. The van der Waals surface area contributed by atoms with Gasteiger partial charge < -0.3 is 14.8 Å². The quantitative estimate of drug-likeness (QED) is 0.592. The van der Waals surface area contributed by atoms with E-state index in [4.69, 9.17) is 4.98 Å². The van der Waals surface area contributed by atoms with Crippen LogP contribution in [0.25, 0.3) is 11.0 Å². The molecule has 6 nitrogen and oxygen atoms in total. The highest BCUT2D eigenvalue weighted by atomic mass is 35.5. The van der Waals surface area contributed by atoms with E-state index in [1.807, 2.05) is 18.2 Å². The second-order valence-corrected chi connectivity index (χ2v) is 7.94. The number of benzene rings is 1. The van der Waals surface area contributed by atoms with Gasteiger partial charge in [-0.05, 0) is 63.0 Å². The first kappa shape index (κ1) is 26.7. The third-order valence-electron chi connectivity index (χ3n) is 6.09. The summed E-state index contributed by atoms with van der Waals surface area (Å²) in [4.78, 5) is 19.8. The molecule has 2 unspecified atom stereocenters. The number of nitrogens with zero attached hydrogens (tertiary/aromatic N) is 3. The van der Waals surface area contributed by atoms with Gasteiger partial charge in [0.05, 0.1) is 11.0 Å². The zero-order valence-electron chi connectivity index (χ0n) is 18.4. The Morgan fingerprint density at radius 2 is 2.03 bits per heavy atom. The number of rotatable bonds is 9. The number of fused-ring (bicyclic) bond motifs is 1. The van der Waals surface area contributed by atoms with Crippen LogP contribution in [0.5, 0.6) is 0 Å². The summed E-state index contributed by atoms with van der Waals surface area (Å²) in [5.41, 5.74) is 2.01. The van der Waals surface area contributed by atoms with Crippen LogP contribution in [0, 0.1) is 11.8 Å². The molecule has 1 aromatic heterocycles. The van der Waals surface area contributed by atoms with Gasteiger partial charge in [0.25, 0.3) is 0 Å². The van der Waals surface area contributed by atoms with Crippen LogP contribution in [0.4, 0.5) is 5.95 Å². The van der Waals surface area contributed by atoms with Crippen molar-refractivity contribution in [2.75, 3.05) is 38.0 Å². The standard InChI is InChI=1S/C22H35N5O.2ClH/c1-4-26(5-2)13-14-27-20-11-7-6-10-19(20)24-22(27)25-21(28)15-17(3)18-9-8-12-23-16-18;;/h6-7,10-11,17-18,23H,4-5,8-9,12-16H2,1-3H3,(H,24,25,28);2*1H. The monoisotopic (exact) mass is 457 g/mol. The Kier molecular flexibility index (Phi) is 11.7. The number of nitrogens with one attached hydrogen (secondary N) is 2. The number of carbonyl (C=O) groups excluding carboxylic acids is 1. The van der Waals surface area contributed by atoms with E-state index < -0.39 is 0 Å². The van der Waals surface area contributed by atoms with E-state index >= 15 is 0 Å². The van der Waals surface area contributed by atoms with Crippen LogP contribution in [0.1, 0.15) is 40.0 Å². The van der Waals surface area contributed by atoms with Gasteiger partial charge in [0.1, 0.15) is 0 Å². The molecule has 2 heterocycles. The predicted octanol–water partition coefficient (Wildman–Crippen LogP) is 4.19. The molecule has 0 radical (unpaired) electrons. The maximum absolute atomic E-state index is 12.7. The van der Waals surface area contributed by atoms with Crippen molar-refractivity contribution in [1.29, 1.82) is 0 Å². The van der Waals surface area contributed by atoms with E-state index in [2.05, 4.69) is 46.9 Å². The number of aromatic nitrogens is 2. The van der Waals surface area contributed by atoms with Crippen molar-refractivity contribution < 1.29 is 4.79 Å². The summed E-state index contributed by atoms with van der Waals surface area (Å²) in [5.74, 6) is 1.70. The van der Waals surface area contributed by atoms with Gasteiger partial charge in [0.2, 0.25) is 11.9 Å². The highest BCUT2D eigenvalue weighted by Crippen LogP contribution is 2.24. The summed E-state index contributed by atoms with van der Waals surface area (Å²) in [6, 6.07) is 8.11. The summed E-state index contributed by atoms with van der Waals surface area (Å²) in [5, 5.41) is 6.55. The number of piperidine rings is 1. The zero-order valence-corrected chi connectivity index (χ0v) is 20.0. The molecule has 0 spiro atoms. The number of likely N-dealkylation sites (N-methyl/N-ethyl adjacent to an activating group) is 1. The molecule has 2 aromatic rings. The van der Waals surface area contributed by atoms with Gasteiger partial charge in [0.15, 0.2) is 0 Å². The SMILES string of the molecule is CCN(CC)CCn1c(NC(=O)CC(C)C2CCCNC2)nc2ccccc21.Cl.Cl. The van der Waals surface area contributed by atoms with Crippen LogP contribution in [0.15, 0.2) is 24.3 Å². The molecule has 170 valence electrons. The maximum atomic E-state index is 12.7. The summed E-state index contributed by atoms with van der Waals surface area (Å²) in [6.07, 6.45) is 2.97. The van der Waals surface area contributed by atoms with Gasteiger partial charge >= 0.3 is 0 Å². The van der Waals surface area contributed by atoms with Crippen LogP contribution >= 0.6 is 24.8 Å². The molecular formula is C22H37Cl2N5O. The largest absolute Gasteiger partial charge is 0.316 e. The minimum atomic E-state index is 0. The van der Waals surface area contributed by atoms with E-state index in [0.29, 0.717) is 24.2 Å². The minimum absolute atomic E-state index is 0. The Bertz CT molecular complexity index is 772. The molecule has 1 amide bonds. The zero-order chi connectivity index (χ0) is 19.9. The second kappa shape index (κ2) is 13.2. The topological polar surface area (TPSA) is 62.2 Å². The first-order chi connectivity index (χ1) is 13.6. The Balaban J connectivity index is 0.00000225. The average molecular weight is 458 g/mol. The van der Waals surface area contributed by atoms with Crippen LogP contribution < -0.4 is 10.6 Å². The van der Waals surface area contributed by atoms with Gasteiger partial charge in [-0.25, -0.2) is 4.98 Å². The molecule has 1 saturated heterocycles. The first-order valence-electron chi connectivity index (χ1n) is 10.8. The third-order valence-corrected chi connectivity index (χ3v) is 6.09. The lowest BCUT2D eigenvalue weighted by molar-refractivity contribution is -0.117. The van der Waals surface area contributed by atoms with Gasteiger partial charge in [-0.1, -0.05) is 32.9 Å². The molecule has 8 heteroatoms. The fourth-order valence-electron chi connectivity index (χ4n) is 4.18. The predicted molar refractivity (Wildman–Crippen MR) is 130 cm³/mol. The van der Waals surface area contributed by atoms with E-state index in [1.165, 1.54) is 12.8 Å². The van der Waals surface area contributed by atoms with Gasteiger partial charge in [-0.2, -0.15) is 0 Å². The Morgan fingerprint density at radius 1 is 1.30 bits per heavy atom. The summed E-state index contributed by atoms with van der Waals surface area (Å²) >= 11 is 0. The van der Waals surface area contributed by atoms with Crippen LogP contribution in [0.3, 0.4) is 0 Å².